The first-order valence-electron chi connectivity index (χ1n) is 8.32. The van der Waals surface area contributed by atoms with Crippen molar-refractivity contribution in [3.05, 3.63) is 53.6 Å². The van der Waals surface area contributed by atoms with Crippen molar-refractivity contribution < 1.29 is 31.5 Å². The molecule has 2 rings (SSSR count). The van der Waals surface area contributed by atoms with E-state index in [0.29, 0.717) is 16.8 Å². The second-order valence-corrected chi connectivity index (χ2v) is 7.65. The van der Waals surface area contributed by atoms with E-state index >= 15 is 0 Å². The minimum atomic E-state index is -3.66. The number of methoxy groups -OCH3 is 1. The molecule has 7 nitrogen and oxygen atoms in total. The summed E-state index contributed by atoms with van der Waals surface area (Å²) in [5.74, 6) is -0.538. The van der Waals surface area contributed by atoms with Crippen LogP contribution in [0.25, 0.3) is 6.08 Å². The number of rotatable bonds is 8. The maximum absolute atomic E-state index is 12.4. The zero-order valence-corrected chi connectivity index (χ0v) is 16.7. The van der Waals surface area contributed by atoms with Gasteiger partial charge < -0.3 is 14.8 Å². The Morgan fingerprint density at radius 2 is 1.86 bits per heavy atom. The monoisotopic (exact) mass is 426 g/mol. The summed E-state index contributed by atoms with van der Waals surface area (Å²) in [6, 6.07) is 8.73. The molecule has 2 aromatic rings. The third kappa shape index (κ3) is 6.00. The zero-order chi connectivity index (χ0) is 21.6. The van der Waals surface area contributed by atoms with Crippen LogP contribution >= 0.6 is 0 Å². The Morgan fingerprint density at radius 3 is 2.48 bits per heavy atom. The number of carbonyl (C=O) groups is 1. The van der Waals surface area contributed by atoms with Gasteiger partial charge in [-0.1, -0.05) is 12.1 Å². The van der Waals surface area contributed by atoms with Gasteiger partial charge >= 0.3 is 6.61 Å². The van der Waals surface area contributed by atoms with Gasteiger partial charge in [0.25, 0.3) is 0 Å². The van der Waals surface area contributed by atoms with Crippen molar-refractivity contribution in [3.8, 4) is 11.5 Å². The van der Waals surface area contributed by atoms with Crippen molar-refractivity contribution in [3.63, 3.8) is 0 Å². The van der Waals surface area contributed by atoms with Gasteiger partial charge in [0.2, 0.25) is 15.9 Å². The number of aryl methyl sites for hydroxylation is 1. The minimum absolute atomic E-state index is 0.0566. The summed E-state index contributed by atoms with van der Waals surface area (Å²) in [6.45, 7) is -1.34. The number of anilines is 1. The molecule has 10 heteroatoms. The fourth-order valence-electron chi connectivity index (χ4n) is 2.41. The Labute approximate surface area is 167 Å². The molecule has 0 bridgehead atoms. The van der Waals surface area contributed by atoms with E-state index in [1.54, 1.807) is 19.1 Å². The summed E-state index contributed by atoms with van der Waals surface area (Å²) in [5, 5.41) is 2.57. The van der Waals surface area contributed by atoms with Crippen LogP contribution in [-0.2, 0) is 14.8 Å². The first-order chi connectivity index (χ1) is 13.7. The summed E-state index contributed by atoms with van der Waals surface area (Å²) >= 11 is 0. The van der Waals surface area contributed by atoms with E-state index in [0.717, 1.165) is 0 Å². The standard InChI is InChI=1S/C19H20F2N2O5S/c1-12-4-7-14(11-17(12)29(25,26)22-2)23-18(24)9-6-13-5-8-15(28-19(20)21)16(10-13)27-3/h4-11,19,22H,1-3H3,(H,23,24)/b9-6+. The maximum Gasteiger partial charge on any atom is 0.387 e. The van der Waals surface area contributed by atoms with Crippen molar-refractivity contribution in [2.75, 3.05) is 19.5 Å². The van der Waals surface area contributed by atoms with Gasteiger partial charge in [-0.2, -0.15) is 8.78 Å². The molecule has 0 aliphatic carbocycles. The number of alkyl halides is 2. The molecular weight excluding hydrogens is 406 g/mol. The van der Waals surface area contributed by atoms with Crippen molar-refractivity contribution in [1.29, 1.82) is 0 Å². The fraction of sp³-hybridized carbons (Fsp3) is 0.211. The highest BCUT2D eigenvalue weighted by molar-refractivity contribution is 7.89. The molecule has 29 heavy (non-hydrogen) atoms. The molecular formula is C19H20F2N2O5S. The lowest BCUT2D eigenvalue weighted by atomic mass is 10.2. The van der Waals surface area contributed by atoms with Crippen LogP contribution in [-0.4, -0.2) is 35.1 Å². The Morgan fingerprint density at radius 1 is 1.14 bits per heavy atom. The van der Waals surface area contributed by atoms with Gasteiger partial charge in [-0.15, -0.1) is 0 Å². The van der Waals surface area contributed by atoms with Crippen LogP contribution in [0.2, 0.25) is 0 Å². The lowest BCUT2D eigenvalue weighted by Crippen LogP contribution is -2.20. The number of sulfonamides is 1. The fourth-order valence-corrected chi connectivity index (χ4v) is 3.41. The van der Waals surface area contributed by atoms with Crippen LogP contribution in [0, 0.1) is 6.92 Å². The molecule has 0 radical (unpaired) electrons. The van der Waals surface area contributed by atoms with Gasteiger partial charge in [-0.05, 0) is 55.4 Å². The van der Waals surface area contributed by atoms with E-state index in [1.165, 1.54) is 50.6 Å². The molecule has 0 unspecified atom stereocenters. The Balaban J connectivity index is 2.15. The Hall–Kier alpha value is -2.98. The number of ether oxygens (including phenoxy) is 2. The largest absolute Gasteiger partial charge is 0.493 e. The summed E-state index contributed by atoms with van der Waals surface area (Å²) in [7, 11) is -1.05. The van der Waals surface area contributed by atoms with E-state index in [4.69, 9.17) is 4.74 Å². The molecule has 1 amide bonds. The van der Waals surface area contributed by atoms with Crippen LogP contribution in [0.4, 0.5) is 14.5 Å². The highest BCUT2D eigenvalue weighted by Gasteiger charge is 2.15. The molecule has 0 aliphatic heterocycles. The van der Waals surface area contributed by atoms with E-state index in [2.05, 4.69) is 14.8 Å². The van der Waals surface area contributed by atoms with Gasteiger partial charge in [-0.3, -0.25) is 4.79 Å². The molecule has 0 atom stereocenters. The number of amides is 1. The van der Waals surface area contributed by atoms with E-state index < -0.39 is 22.5 Å². The molecule has 2 N–H and O–H groups in total. The minimum Gasteiger partial charge on any atom is -0.493 e. The summed E-state index contributed by atoms with van der Waals surface area (Å²) in [4.78, 5) is 12.2. The van der Waals surface area contributed by atoms with E-state index in [1.807, 2.05) is 0 Å². The van der Waals surface area contributed by atoms with Crippen molar-refractivity contribution in [2.24, 2.45) is 0 Å². The van der Waals surface area contributed by atoms with Crippen molar-refractivity contribution in [2.45, 2.75) is 18.4 Å². The number of nitrogens with one attached hydrogen (secondary N) is 2. The number of halogens is 2. The summed E-state index contributed by atoms with van der Waals surface area (Å²) < 4.78 is 60.3. The number of carbonyl (C=O) groups excluding carboxylic acids is 1. The first-order valence-corrected chi connectivity index (χ1v) is 9.80. The van der Waals surface area contributed by atoms with Crippen molar-refractivity contribution in [1.82, 2.24) is 4.72 Å². The van der Waals surface area contributed by atoms with E-state index in [9.17, 15) is 22.0 Å². The van der Waals surface area contributed by atoms with Crippen molar-refractivity contribution >= 4 is 27.7 Å². The smallest absolute Gasteiger partial charge is 0.387 e. The molecule has 0 aliphatic rings. The van der Waals surface area contributed by atoms with Crippen LogP contribution in [0.1, 0.15) is 11.1 Å². The van der Waals surface area contributed by atoms with Gasteiger partial charge in [0, 0.05) is 11.8 Å². The third-order valence-electron chi connectivity index (χ3n) is 3.84. The predicted octanol–water partition coefficient (Wildman–Crippen LogP) is 3.17. The Kier molecular flexibility index (Phi) is 7.29. The molecule has 0 aromatic heterocycles. The lowest BCUT2D eigenvalue weighted by Gasteiger charge is -2.10. The number of hydrogen-bond donors (Lipinski definition) is 2. The van der Waals surface area contributed by atoms with Crippen LogP contribution < -0.4 is 19.5 Å². The van der Waals surface area contributed by atoms with Gasteiger partial charge in [0.1, 0.15) is 0 Å². The zero-order valence-electron chi connectivity index (χ0n) is 15.9. The number of benzene rings is 2. The van der Waals surface area contributed by atoms with Crippen LogP contribution in [0.5, 0.6) is 11.5 Å². The van der Waals surface area contributed by atoms with Gasteiger partial charge in [-0.25, -0.2) is 13.1 Å². The third-order valence-corrected chi connectivity index (χ3v) is 5.40. The second kappa shape index (κ2) is 9.48. The summed E-state index contributed by atoms with van der Waals surface area (Å²) in [5.41, 5.74) is 1.35. The molecule has 2 aromatic carbocycles. The molecule has 0 saturated heterocycles. The van der Waals surface area contributed by atoms with Gasteiger partial charge in [0.05, 0.1) is 12.0 Å². The average molecular weight is 426 g/mol. The van der Waals surface area contributed by atoms with E-state index in [-0.39, 0.29) is 16.4 Å². The normalized spacial score (nSPS) is 11.7. The maximum atomic E-state index is 12.4. The quantitative estimate of drug-likeness (QED) is 0.633. The predicted molar refractivity (Wildman–Crippen MR) is 105 cm³/mol. The number of hydrogen-bond acceptors (Lipinski definition) is 5. The highest BCUT2D eigenvalue weighted by atomic mass is 32.2. The van der Waals surface area contributed by atoms with Gasteiger partial charge in [0.15, 0.2) is 11.5 Å². The SMILES string of the molecule is CNS(=O)(=O)c1cc(NC(=O)/C=C/c2ccc(OC(F)F)c(OC)c2)ccc1C. The second-order valence-electron chi connectivity index (χ2n) is 5.80. The molecule has 0 saturated carbocycles. The van der Waals surface area contributed by atoms with Crippen LogP contribution in [0.15, 0.2) is 47.4 Å². The average Bonchev–Trinajstić information content (AvgIpc) is 2.68. The molecule has 156 valence electrons. The topological polar surface area (TPSA) is 93.7 Å². The molecule has 0 heterocycles. The van der Waals surface area contributed by atoms with Crippen LogP contribution in [0.3, 0.4) is 0 Å². The summed E-state index contributed by atoms with van der Waals surface area (Å²) in [6.07, 6.45) is 2.66. The Bertz CT molecular complexity index is 1020. The molecule has 0 spiro atoms. The highest BCUT2D eigenvalue weighted by Crippen LogP contribution is 2.30. The lowest BCUT2D eigenvalue weighted by molar-refractivity contribution is -0.111. The molecule has 0 fully saturated rings. The first kappa shape index (κ1) is 22.3.